The molecule has 1 saturated heterocycles. The van der Waals surface area contributed by atoms with Gasteiger partial charge in [-0.05, 0) is 30.9 Å². The molecule has 12 nitrogen and oxygen atoms in total. The van der Waals surface area contributed by atoms with Gasteiger partial charge in [0.2, 0.25) is 5.79 Å². The summed E-state index contributed by atoms with van der Waals surface area (Å²) in [4.78, 5) is 23.8. The average Bonchev–Trinajstić information content (AvgIpc) is 3.23. The predicted molar refractivity (Wildman–Crippen MR) is 125 cm³/mol. The van der Waals surface area contributed by atoms with Crippen LogP contribution in [-0.4, -0.2) is 82.2 Å². The molecule has 1 aromatic carbocycles. The molecule has 34 heavy (non-hydrogen) atoms. The standard InChI is InChI=1S/C22H32N8O4/c1-20(2)7-9-34-15-11(4-3-5-12(15)20)17(31)27-14-10-30-19(25)26-13(6-8-23)16-21(30,22(14,32)33)29-18(24)28-16/h3-5,13-14,16,32-33H,6-10,23H2,1-2H3,(H2,25,26)(H,27,31)(H3,24,28,29)/t13-,14?,16?,21?/m0/s1. The predicted octanol–water partition coefficient (Wildman–Crippen LogP) is -2.13. The number of fused-ring (bicyclic) bond motifs is 1. The van der Waals surface area contributed by atoms with Gasteiger partial charge in [0.15, 0.2) is 17.6 Å². The van der Waals surface area contributed by atoms with Crippen molar-refractivity contribution in [2.45, 2.75) is 61.7 Å². The normalized spacial score (nSPS) is 32.4. The number of carbonyl (C=O) groups excluding carboxylic acids is 1. The second-order valence-electron chi connectivity index (χ2n) is 10.0. The summed E-state index contributed by atoms with van der Waals surface area (Å²) in [6.45, 7) is 4.99. The van der Waals surface area contributed by atoms with Crippen molar-refractivity contribution in [3.8, 4) is 5.75 Å². The molecule has 1 amide bonds. The second kappa shape index (κ2) is 7.45. The van der Waals surface area contributed by atoms with Crippen LogP contribution in [0.3, 0.4) is 0 Å². The molecular formula is C22H32N8O4. The summed E-state index contributed by atoms with van der Waals surface area (Å²) in [7, 11) is 0. The molecule has 0 aromatic heterocycles. The van der Waals surface area contributed by atoms with Crippen LogP contribution in [0.2, 0.25) is 0 Å². The van der Waals surface area contributed by atoms with E-state index >= 15 is 0 Å². The third-order valence-electron chi connectivity index (χ3n) is 7.53. The van der Waals surface area contributed by atoms with Gasteiger partial charge in [0.25, 0.3) is 5.91 Å². The number of hydrogen-bond donors (Lipinski definition) is 7. The van der Waals surface area contributed by atoms with Crippen molar-refractivity contribution in [2.24, 2.45) is 27.2 Å². The van der Waals surface area contributed by atoms with E-state index in [1.807, 2.05) is 6.07 Å². The highest BCUT2D eigenvalue weighted by Gasteiger charge is 2.73. The molecule has 12 heteroatoms. The smallest absolute Gasteiger partial charge is 0.255 e. The van der Waals surface area contributed by atoms with Gasteiger partial charge in [-0.3, -0.25) is 4.79 Å². The largest absolute Gasteiger partial charge is 0.492 e. The minimum atomic E-state index is -2.49. The van der Waals surface area contributed by atoms with Crippen LogP contribution in [0.25, 0.3) is 0 Å². The highest BCUT2D eigenvalue weighted by Crippen LogP contribution is 2.45. The summed E-state index contributed by atoms with van der Waals surface area (Å²) in [5.74, 6) is -2.33. The van der Waals surface area contributed by atoms with Gasteiger partial charge < -0.3 is 47.7 Å². The molecule has 0 bridgehead atoms. The van der Waals surface area contributed by atoms with E-state index < -0.39 is 35.5 Å². The average molecular weight is 473 g/mol. The van der Waals surface area contributed by atoms with Gasteiger partial charge in [0.05, 0.1) is 18.2 Å². The number of hydrogen-bond acceptors (Lipinski definition) is 11. The second-order valence-corrected chi connectivity index (χ2v) is 10.0. The molecule has 0 saturated carbocycles. The van der Waals surface area contributed by atoms with Crippen LogP contribution in [0.4, 0.5) is 0 Å². The molecule has 1 spiro atoms. The Morgan fingerprint density at radius 2 is 2.09 bits per heavy atom. The van der Waals surface area contributed by atoms with E-state index in [4.69, 9.17) is 21.9 Å². The topological polar surface area (TPSA) is 197 Å². The van der Waals surface area contributed by atoms with Crippen LogP contribution in [0.15, 0.2) is 28.2 Å². The molecule has 4 aliphatic heterocycles. The van der Waals surface area contributed by atoms with E-state index in [1.165, 1.54) is 4.90 Å². The molecule has 10 N–H and O–H groups in total. The lowest BCUT2D eigenvalue weighted by atomic mass is 9.79. The van der Waals surface area contributed by atoms with Crippen molar-refractivity contribution >= 4 is 17.8 Å². The molecular weight excluding hydrogens is 440 g/mol. The number of rotatable bonds is 4. The third kappa shape index (κ3) is 2.98. The number of aliphatic imine (C=N–C) groups is 2. The van der Waals surface area contributed by atoms with Crippen molar-refractivity contribution in [3.05, 3.63) is 29.3 Å². The summed E-state index contributed by atoms with van der Waals surface area (Å²) in [6.07, 6.45) is 1.26. The monoisotopic (exact) mass is 472 g/mol. The zero-order valence-corrected chi connectivity index (χ0v) is 19.3. The van der Waals surface area contributed by atoms with Gasteiger partial charge in [0.1, 0.15) is 17.8 Å². The van der Waals surface area contributed by atoms with Gasteiger partial charge in [-0.2, -0.15) is 0 Å². The molecule has 1 aromatic rings. The van der Waals surface area contributed by atoms with Crippen LogP contribution in [0.1, 0.15) is 42.6 Å². The van der Waals surface area contributed by atoms with Crippen molar-refractivity contribution in [2.75, 3.05) is 19.7 Å². The summed E-state index contributed by atoms with van der Waals surface area (Å²) < 4.78 is 5.87. The number of amides is 1. The fourth-order valence-corrected chi connectivity index (χ4v) is 5.67. The minimum Gasteiger partial charge on any atom is -0.492 e. The van der Waals surface area contributed by atoms with Crippen molar-refractivity contribution in [3.63, 3.8) is 0 Å². The van der Waals surface area contributed by atoms with Crippen molar-refractivity contribution in [1.29, 1.82) is 0 Å². The van der Waals surface area contributed by atoms with Crippen molar-refractivity contribution < 1.29 is 19.7 Å². The summed E-state index contributed by atoms with van der Waals surface area (Å²) >= 11 is 0. The summed E-state index contributed by atoms with van der Waals surface area (Å²) in [5, 5.41) is 28.7. The molecule has 4 atom stereocenters. The number of nitrogens with one attached hydrogen (secondary N) is 2. The fraction of sp³-hybridized carbons (Fsp3) is 0.591. The lowest BCUT2D eigenvalue weighted by Gasteiger charge is -2.49. The van der Waals surface area contributed by atoms with Crippen LogP contribution in [-0.2, 0) is 5.41 Å². The molecule has 184 valence electrons. The molecule has 0 radical (unpaired) electrons. The first-order chi connectivity index (χ1) is 16.0. The third-order valence-corrected chi connectivity index (χ3v) is 7.53. The van der Waals surface area contributed by atoms with E-state index in [1.54, 1.807) is 12.1 Å². The maximum Gasteiger partial charge on any atom is 0.255 e. The van der Waals surface area contributed by atoms with E-state index in [9.17, 15) is 15.0 Å². The number of nitrogens with zero attached hydrogens (tertiary/aromatic N) is 3. The van der Waals surface area contributed by atoms with Crippen LogP contribution >= 0.6 is 0 Å². The SMILES string of the molecule is CC1(C)CCOc2c(C(=O)NC3CN4C(N)=N[C@@H](CCN)C5N=C(N)NC54C3(O)O)cccc21. The molecule has 1 fully saturated rings. The maximum atomic E-state index is 13.4. The number of nitrogens with two attached hydrogens (primary N) is 3. The Balaban J connectivity index is 1.48. The van der Waals surface area contributed by atoms with Crippen LogP contribution in [0.5, 0.6) is 5.75 Å². The number of carbonyl (C=O) groups is 1. The number of aliphatic hydroxyl groups is 2. The number of para-hydroxylation sites is 1. The van der Waals surface area contributed by atoms with E-state index in [-0.39, 0.29) is 23.9 Å². The summed E-state index contributed by atoms with van der Waals surface area (Å²) in [6, 6.07) is 3.03. The molecule has 3 unspecified atom stereocenters. The zero-order valence-electron chi connectivity index (χ0n) is 19.3. The molecule has 5 rings (SSSR count). The van der Waals surface area contributed by atoms with Gasteiger partial charge in [0, 0.05) is 12.1 Å². The Hall–Kier alpha value is -3.09. The Bertz CT molecular complexity index is 1090. The van der Waals surface area contributed by atoms with Gasteiger partial charge in [-0.25, -0.2) is 9.98 Å². The summed E-state index contributed by atoms with van der Waals surface area (Å²) in [5.41, 5.74) is 17.5. The van der Waals surface area contributed by atoms with Gasteiger partial charge >= 0.3 is 0 Å². The Morgan fingerprint density at radius 1 is 1.32 bits per heavy atom. The first-order valence-electron chi connectivity index (χ1n) is 11.5. The van der Waals surface area contributed by atoms with Gasteiger partial charge in [-0.15, -0.1) is 0 Å². The number of ether oxygens (including phenoxy) is 1. The van der Waals surface area contributed by atoms with Crippen LogP contribution in [0, 0.1) is 0 Å². The zero-order chi connectivity index (χ0) is 24.5. The molecule has 4 aliphatic rings. The Labute approximate surface area is 197 Å². The molecule has 0 aliphatic carbocycles. The number of benzene rings is 1. The van der Waals surface area contributed by atoms with Crippen LogP contribution < -0.4 is 32.6 Å². The quantitative estimate of drug-likeness (QED) is 0.239. The minimum absolute atomic E-state index is 0.0168. The lowest BCUT2D eigenvalue weighted by molar-refractivity contribution is -0.230. The molecule has 4 heterocycles. The first kappa shape index (κ1) is 22.7. The lowest BCUT2D eigenvalue weighted by Crippen LogP contribution is -2.77. The highest BCUT2D eigenvalue weighted by atomic mass is 16.5. The highest BCUT2D eigenvalue weighted by molar-refractivity contribution is 5.98. The maximum absolute atomic E-state index is 13.4. The first-order valence-corrected chi connectivity index (χ1v) is 11.5. The van der Waals surface area contributed by atoms with Crippen molar-refractivity contribution in [1.82, 2.24) is 15.5 Å². The van der Waals surface area contributed by atoms with Gasteiger partial charge in [-0.1, -0.05) is 26.0 Å². The Morgan fingerprint density at radius 3 is 2.82 bits per heavy atom. The van der Waals surface area contributed by atoms with E-state index in [0.717, 1.165) is 12.0 Å². The van der Waals surface area contributed by atoms with E-state index in [0.29, 0.717) is 30.9 Å². The number of guanidine groups is 2. The van der Waals surface area contributed by atoms with E-state index in [2.05, 4.69) is 34.5 Å². The fourth-order valence-electron chi connectivity index (χ4n) is 5.67. The Kier molecular flexibility index (Phi) is 4.97.